The van der Waals surface area contributed by atoms with Gasteiger partial charge >= 0.3 is 0 Å². The number of nitriles is 1. The summed E-state index contributed by atoms with van der Waals surface area (Å²) in [4.78, 5) is 16.6. The number of benzene rings is 1. The summed E-state index contributed by atoms with van der Waals surface area (Å²) in [5, 5.41) is 8.93. The van der Waals surface area contributed by atoms with Gasteiger partial charge in [-0.15, -0.1) is 0 Å². The second-order valence-corrected chi connectivity index (χ2v) is 6.67. The number of likely N-dealkylation sites (N-methyl/N-ethyl adjacent to an activating group) is 1. The van der Waals surface area contributed by atoms with Gasteiger partial charge in [-0.3, -0.25) is 9.69 Å². The van der Waals surface area contributed by atoms with E-state index in [0.717, 1.165) is 16.7 Å². The molecule has 1 aliphatic rings. The average Bonchev–Trinajstić information content (AvgIpc) is 2.33. The van der Waals surface area contributed by atoms with E-state index in [1.165, 1.54) is 0 Å². The van der Waals surface area contributed by atoms with Crippen LogP contribution in [0.15, 0.2) is 28.7 Å². The molecular weight excluding hydrogens is 318 g/mol. The fourth-order valence-corrected chi connectivity index (χ4v) is 3.24. The number of anilines is 1. The van der Waals surface area contributed by atoms with Gasteiger partial charge in [0, 0.05) is 16.7 Å². The number of hydrogen-bond donors (Lipinski definition) is 0. The van der Waals surface area contributed by atoms with Crippen molar-refractivity contribution in [2.45, 2.75) is 31.8 Å². The van der Waals surface area contributed by atoms with Gasteiger partial charge in [0.05, 0.1) is 18.0 Å². The van der Waals surface area contributed by atoms with Crippen LogP contribution in [0.5, 0.6) is 0 Å². The lowest BCUT2D eigenvalue weighted by Gasteiger charge is -2.49. The highest BCUT2D eigenvalue weighted by Crippen LogP contribution is 2.32. The number of nitrogens with zero attached hydrogens (tertiary/aromatic N) is 3. The molecule has 4 nitrogen and oxygen atoms in total. The zero-order chi connectivity index (χ0) is 14.9. The van der Waals surface area contributed by atoms with Crippen molar-refractivity contribution in [3.05, 3.63) is 28.7 Å². The number of hydrogen-bond acceptors (Lipinski definition) is 3. The number of halogens is 1. The Labute approximate surface area is 128 Å². The summed E-state index contributed by atoms with van der Waals surface area (Å²) in [5.41, 5.74) is 0.559. The molecule has 0 spiro atoms. The largest absolute Gasteiger partial charge is 0.304 e. The maximum Gasteiger partial charge on any atom is 0.245 e. The van der Waals surface area contributed by atoms with E-state index in [-0.39, 0.29) is 23.9 Å². The van der Waals surface area contributed by atoms with Crippen LogP contribution in [0.2, 0.25) is 0 Å². The van der Waals surface area contributed by atoms with Gasteiger partial charge < -0.3 is 4.90 Å². The van der Waals surface area contributed by atoms with Gasteiger partial charge in [0.25, 0.3) is 0 Å². The Morgan fingerprint density at radius 2 is 2.20 bits per heavy atom. The van der Waals surface area contributed by atoms with Crippen molar-refractivity contribution in [3.8, 4) is 6.07 Å². The van der Waals surface area contributed by atoms with Gasteiger partial charge in [-0.25, -0.2) is 0 Å². The van der Waals surface area contributed by atoms with Crippen molar-refractivity contribution in [2.24, 2.45) is 0 Å². The topological polar surface area (TPSA) is 47.3 Å². The van der Waals surface area contributed by atoms with Gasteiger partial charge in [0.1, 0.15) is 6.04 Å². The zero-order valence-electron chi connectivity index (χ0n) is 11.9. The van der Waals surface area contributed by atoms with Crippen molar-refractivity contribution >= 4 is 27.5 Å². The van der Waals surface area contributed by atoms with Crippen LogP contribution in [0.3, 0.4) is 0 Å². The summed E-state index contributed by atoms with van der Waals surface area (Å²) in [6.07, 6.45) is 0.218. The van der Waals surface area contributed by atoms with Gasteiger partial charge in [-0.1, -0.05) is 22.0 Å². The Kier molecular flexibility index (Phi) is 4.17. The number of carbonyl (C=O) groups excluding carboxylic acids is 1. The van der Waals surface area contributed by atoms with Crippen LogP contribution in [-0.4, -0.2) is 36.0 Å². The Morgan fingerprint density at radius 3 is 2.80 bits per heavy atom. The van der Waals surface area contributed by atoms with E-state index in [2.05, 4.69) is 22.0 Å². The molecule has 0 saturated carbocycles. The monoisotopic (exact) mass is 335 g/mol. The third-order valence-electron chi connectivity index (χ3n) is 3.63. The first kappa shape index (κ1) is 15.0. The lowest BCUT2D eigenvalue weighted by atomic mass is 9.93. The Bertz CT molecular complexity index is 564. The lowest BCUT2D eigenvalue weighted by Crippen LogP contribution is -2.65. The van der Waals surface area contributed by atoms with E-state index in [4.69, 9.17) is 5.26 Å². The molecule has 1 amide bonds. The van der Waals surface area contributed by atoms with Gasteiger partial charge in [-0.2, -0.15) is 5.26 Å². The minimum absolute atomic E-state index is 0.0107. The van der Waals surface area contributed by atoms with Crippen LogP contribution in [0.4, 0.5) is 5.69 Å². The Balaban J connectivity index is 2.43. The third-order valence-corrected chi connectivity index (χ3v) is 4.12. The molecule has 1 atom stereocenters. The summed E-state index contributed by atoms with van der Waals surface area (Å²) < 4.78 is 0.939. The second-order valence-electron chi connectivity index (χ2n) is 5.76. The van der Waals surface area contributed by atoms with E-state index in [0.29, 0.717) is 0 Å². The molecule has 2 rings (SSSR count). The van der Waals surface area contributed by atoms with Crippen LogP contribution in [0.25, 0.3) is 0 Å². The van der Waals surface area contributed by atoms with Gasteiger partial charge in [0.2, 0.25) is 5.91 Å². The standard InChI is InChI=1S/C15H18BrN3O/c1-15(2)10-18(3)13(7-8-17)14(20)19(15)12-6-4-5-11(16)9-12/h4-6,9,13H,7,10H2,1-3H3. The Hall–Kier alpha value is -1.38. The highest BCUT2D eigenvalue weighted by molar-refractivity contribution is 9.10. The second kappa shape index (κ2) is 5.55. The fourth-order valence-electron chi connectivity index (χ4n) is 2.85. The summed E-state index contributed by atoms with van der Waals surface area (Å²) >= 11 is 3.44. The number of amides is 1. The molecule has 0 aromatic heterocycles. The number of rotatable bonds is 2. The van der Waals surface area contributed by atoms with E-state index >= 15 is 0 Å². The number of piperazine rings is 1. The Morgan fingerprint density at radius 1 is 1.50 bits per heavy atom. The maximum atomic E-state index is 12.8. The summed E-state index contributed by atoms with van der Waals surface area (Å²) in [7, 11) is 1.90. The molecule has 0 N–H and O–H groups in total. The van der Waals surface area contributed by atoms with Crippen LogP contribution < -0.4 is 4.90 Å². The molecule has 1 heterocycles. The molecule has 5 heteroatoms. The third kappa shape index (κ3) is 2.72. The van der Waals surface area contributed by atoms with Crippen LogP contribution >= 0.6 is 15.9 Å². The maximum absolute atomic E-state index is 12.8. The summed E-state index contributed by atoms with van der Waals surface area (Å²) in [5.74, 6) is -0.0107. The molecule has 106 valence electrons. The molecule has 1 aromatic rings. The summed E-state index contributed by atoms with van der Waals surface area (Å²) in [6.45, 7) is 4.83. The van der Waals surface area contributed by atoms with Crippen molar-refractivity contribution in [1.82, 2.24) is 4.90 Å². The first-order chi connectivity index (χ1) is 9.36. The minimum atomic E-state index is -0.369. The normalized spacial score (nSPS) is 22.6. The molecule has 1 fully saturated rings. The molecule has 1 saturated heterocycles. The molecule has 20 heavy (non-hydrogen) atoms. The smallest absolute Gasteiger partial charge is 0.245 e. The zero-order valence-corrected chi connectivity index (χ0v) is 13.5. The van der Waals surface area contributed by atoms with E-state index in [1.54, 1.807) is 0 Å². The SMILES string of the molecule is CN1CC(C)(C)N(c2cccc(Br)c2)C(=O)C1CC#N. The fraction of sp³-hybridized carbons (Fsp3) is 0.467. The van der Waals surface area contributed by atoms with E-state index < -0.39 is 0 Å². The molecule has 1 unspecified atom stereocenters. The van der Waals surface area contributed by atoms with Crippen molar-refractivity contribution in [3.63, 3.8) is 0 Å². The van der Waals surface area contributed by atoms with E-state index in [9.17, 15) is 4.79 Å². The van der Waals surface area contributed by atoms with Crippen molar-refractivity contribution in [1.29, 1.82) is 5.26 Å². The van der Waals surface area contributed by atoms with Crippen molar-refractivity contribution in [2.75, 3.05) is 18.5 Å². The summed E-state index contributed by atoms with van der Waals surface area (Å²) in [6, 6.07) is 9.46. The molecule has 1 aliphatic heterocycles. The lowest BCUT2D eigenvalue weighted by molar-refractivity contribution is -0.127. The molecule has 0 radical (unpaired) electrons. The highest BCUT2D eigenvalue weighted by Gasteiger charge is 2.43. The minimum Gasteiger partial charge on any atom is -0.304 e. The van der Waals surface area contributed by atoms with E-state index in [1.807, 2.05) is 55.0 Å². The quantitative estimate of drug-likeness (QED) is 0.834. The van der Waals surface area contributed by atoms with Crippen LogP contribution in [0, 0.1) is 11.3 Å². The first-order valence-corrected chi connectivity index (χ1v) is 7.33. The molecular formula is C15H18BrN3O. The molecule has 0 aliphatic carbocycles. The van der Waals surface area contributed by atoms with Crippen molar-refractivity contribution < 1.29 is 4.79 Å². The van der Waals surface area contributed by atoms with Crippen LogP contribution in [-0.2, 0) is 4.79 Å². The molecule has 1 aromatic carbocycles. The number of carbonyl (C=O) groups is 1. The average molecular weight is 336 g/mol. The molecule has 0 bridgehead atoms. The predicted octanol–water partition coefficient (Wildman–Crippen LogP) is 2.79. The van der Waals surface area contributed by atoms with Gasteiger partial charge in [-0.05, 0) is 39.1 Å². The first-order valence-electron chi connectivity index (χ1n) is 6.53. The van der Waals surface area contributed by atoms with Gasteiger partial charge in [0.15, 0.2) is 0 Å². The van der Waals surface area contributed by atoms with Crippen LogP contribution in [0.1, 0.15) is 20.3 Å². The predicted molar refractivity (Wildman–Crippen MR) is 82.4 cm³/mol. The highest BCUT2D eigenvalue weighted by atomic mass is 79.9.